The molecule has 2 aromatic carbocycles. The molecule has 0 saturated carbocycles. The zero-order valence-electron chi connectivity index (χ0n) is 24.3. The number of hydrazine groups is 1. The van der Waals surface area contributed by atoms with Gasteiger partial charge in [-0.05, 0) is 42.2 Å². The van der Waals surface area contributed by atoms with Crippen molar-refractivity contribution < 1.29 is 28.7 Å². The summed E-state index contributed by atoms with van der Waals surface area (Å²) in [6.07, 6.45) is 0.787. The first-order chi connectivity index (χ1) is 20.7. The van der Waals surface area contributed by atoms with Gasteiger partial charge in [-0.2, -0.15) is 0 Å². The maximum Gasteiger partial charge on any atom is 0.407 e. The number of nitrogens with zero attached hydrogens (tertiary/aromatic N) is 4. The highest BCUT2D eigenvalue weighted by Gasteiger charge is 2.50. The zero-order valence-corrected chi connectivity index (χ0v) is 25.1. The smallest absolute Gasteiger partial charge is 0.407 e. The normalized spacial score (nSPS) is 18.6. The van der Waals surface area contributed by atoms with E-state index in [1.165, 1.54) is 16.0 Å². The summed E-state index contributed by atoms with van der Waals surface area (Å²) in [4.78, 5) is 55.9. The summed E-state index contributed by atoms with van der Waals surface area (Å²) in [6.45, 7) is 4.32. The molecule has 0 radical (unpaired) electrons. The monoisotopic (exact) mass is 612 g/mol. The number of carbonyl (C=O) groups is 4. The topological polar surface area (TPSA) is 124 Å². The minimum atomic E-state index is -0.842. The molecule has 4 rings (SSSR count). The molecule has 230 valence electrons. The van der Waals surface area contributed by atoms with Crippen LogP contribution in [0.5, 0.6) is 5.75 Å². The van der Waals surface area contributed by atoms with E-state index in [1.54, 1.807) is 30.1 Å². The number of likely N-dealkylation sites (N-methyl/N-ethyl adjacent to an activating group) is 1. The number of rotatable bonds is 11. The van der Waals surface area contributed by atoms with Crippen molar-refractivity contribution in [3.63, 3.8) is 0 Å². The van der Waals surface area contributed by atoms with Gasteiger partial charge in [0, 0.05) is 31.7 Å². The number of urea groups is 1. The summed E-state index contributed by atoms with van der Waals surface area (Å²) in [7, 11) is 3.26. The third kappa shape index (κ3) is 7.76. The van der Waals surface area contributed by atoms with Crippen LogP contribution in [0, 0.1) is 0 Å². The van der Waals surface area contributed by atoms with Gasteiger partial charge in [0.2, 0.25) is 11.8 Å². The molecule has 43 heavy (non-hydrogen) atoms. The van der Waals surface area contributed by atoms with Gasteiger partial charge < -0.3 is 29.9 Å². The second-order valence-electron chi connectivity index (χ2n) is 10.2. The first-order valence-corrected chi connectivity index (χ1v) is 14.4. The fraction of sp³-hybridized carbons (Fsp3) is 0.400. The van der Waals surface area contributed by atoms with E-state index in [-0.39, 0.29) is 57.6 Å². The van der Waals surface area contributed by atoms with Crippen LogP contribution in [0.2, 0.25) is 5.02 Å². The highest BCUT2D eigenvalue weighted by atomic mass is 35.5. The number of ether oxygens (including phenoxy) is 2. The van der Waals surface area contributed by atoms with Crippen LogP contribution in [0.4, 0.5) is 9.59 Å². The fourth-order valence-corrected chi connectivity index (χ4v) is 5.43. The third-order valence-electron chi connectivity index (χ3n) is 7.33. The lowest BCUT2D eigenvalue weighted by atomic mass is 10.0. The van der Waals surface area contributed by atoms with Gasteiger partial charge in [-0.15, -0.1) is 0 Å². The molecule has 0 aromatic heterocycles. The molecule has 2 fully saturated rings. The average Bonchev–Trinajstić information content (AvgIpc) is 2.99. The van der Waals surface area contributed by atoms with Crippen LogP contribution in [0.15, 0.2) is 61.2 Å². The number of hydrogen-bond acceptors (Lipinski definition) is 7. The van der Waals surface area contributed by atoms with Gasteiger partial charge in [0.25, 0.3) is 0 Å². The molecular weight excluding hydrogens is 576 g/mol. The Morgan fingerprint density at radius 3 is 2.56 bits per heavy atom. The standard InChI is InChI=1S/C30H37ClN6O6/c1-4-16-43-30(41)32-15-7-10-25-28(39)35(18-22-8-5-6-9-24(22)31)19-26-36(25)27(38)20-34(2)37(26)29(40)33-17-21-11-13-23(42-3)14-12-21/h4-6,8-9,11-14,25-26H,1,7,10,15-20H2,2-3H3,(H,32,41)(H,33,40)/t25-,26-/m0/s1. The molecule has 2 saturated heterocycles. The Bertz CT molecular complexity index is 1320. The summed E-state index contributed by atoms with van der Waals surface area (Å²) < 4.78 is 10.1. The molecule has 2 atom stereocenters. The number of hydrogen-bond donors (Lipinski definition) is 2. The van der Waals surface area contributed by atoms with Crippen molar-refractivity contribution in [1.29, 1.82) is 0 Å². The van der Waals surface area contributed by atoms with Crippen LogP contribution >= 0.6 is 11.6 Å². The highest BCUT2D eigenvalue weighted by Crippen LogP contribution is 2.30. The number of methoxy groups -OCH3 is 1. The average molecular weight is 613 g/mol. The molecular formula is C30H37ClN6O6. The zero-order chi connectivity index (χ0) is 30.9. The van der Waals surface area contributed by atoms with Crippen LogP contribution in [0.3, 0.4) is 0 Å². The molecule has 2 heterocycles. The summed E-state index contributed by atoms with van der Waals surface area (Å²) in [5.41, 5.74) is 1.63. The van der Waals surface area contributed by atoms with Crippen molar-refractivity contribution in [2.24, 2.45) is 0 Å². The van der Waals surface area contributed by atoms with E-state index >= 15 is 0 Å². The van der Waals surface area contributed by atoms with E-state index in [0.717, 1.165) is 11.1 Å². The highest BCUT2D eigenvalue weighted by molar-refractivity contribution is 6.31. The van der Waals surface area contributed by atoms with Gasteiger partial charge >= 0.3 is 12.1 Å². The van der Waals surface area contributed by atoms with E-state index < -0.39 is 24.3 Å². The number of nitrogens with one attached hydrogen (secondary N) is 2. The summed E-state index contributed by atoms with van der Waals surface area (Å²) in [6, 6.07) is 13.3. The first-order valence-electron chi connectivity index (χ1n) is 14.0. The van der Waals surface area contributed by atoms with E-state index in [0.29, 0.717) is 17.2 Å². The minimum absolute atomic E-state index is 0.0765. The molecule has 5 amide bonds. The maximum absolute atomic E-state index is 13.9. The van der Waals surface area contributed by atoms with Gasteiger partial charge in [0.15, 0.2) is 0 Å². The second-order valence-corrected chi connectivity index (χ2v) is 10.6. The summed E-state index contributed by atoms with van der Waals surface area (Å²) >= 11 is 6.43. The number of fused-ring (bicyclic) bond motifs is 1. The van der Waals surface area contributed by atoms with Crippen molar-refractivity contribution >= 4 is 35.5 Å². The lowest BCUT2D eigenvalue weighted by Gasteiger charge is -2.54. The minimum Gasteiger partial charge on any atom is -0.497 e. The Kier molecular flexibility index (Phi) is 10.8. The van der Waals surface area contributed by atoms with Gasteiger partial charge in [-0.1, -0.05) is 54.6 Å². The van der Waals surface area contributed by atoms with Crippen LogP contribution in [-0.2, 0) is 27.4 Å². The van der Waals surface area contributed by atoms with Crippen molar-refractivity contribution in [2.75, 3.05) is 40.4 Å². The Hall–Kier alpha value is -4.29. The van der Waals surface area contributed by atoms with Crippen LogP contribution < -0.4 is 15.4 Å². The largest absolute Gasteiger partial charge is 0.497 e. The molecule has 12 nitrogen and oxygen atoms in total. The predicted octanol–water partition coefficient (Wildman–Crippen LogP) is 2.98. The van der Waals surface area contributed by atoms with Crippen LogP contribution in [0.25, 0.3) is 0 Å². The third-order valence-corrected chi connectivity index (χ3v) is 7.69. The molecule has 0 bridgehead atoms. The van der Waals surface area contributed by atoms with Crippen molar-refractivity contribution in [2.45, 2.75) is 38.1 Å². The number of alkyl carbamates (subject to hydrolysis) is 1. The summed E-state index contributed by atoms with van der Waals surface area (Å²) in [5.74, 6) is 0.197. The molecule has 2 N–H and O–H groups in total. The number of halogens is 1. The molecule has 0 aliphatic carbocycles. The quantitative estimate of drug-likeness (QED) is 0.295. The Labute approximate surface area is 256 Å². The number of carbonyl (C=O) groups excluding carboxylic acids is 4. The maximum atomic E-state index is 13.9. The molecule has 13 heteroatoms. The molecule has 0 unspecified atom stereocenters. The SMILES string of the molecule is C=CCOC(=O)NCCC[C@H]1C(=O)N(Cc2ccccc2Cl)C[C@H]2N1C(=O)CN(C)N2C(=O)NCc1ccc(OC)cc1. The number of amides is 5. The lowest BCUT2D eigenvalue weighted by molar-refractivity contribution is -0.188. The molecule has 2 aliphatic rings. The van der Waals surface area contributed by atoms with Crippen LogP contribution in [-0.4, -0.2) is 96.4 Å². The van der Waals surface area contributed by atoms with Gasteiger partial charge in [-0.3, -0.25) is 9.59 Å². The van der Waals surface area contributed by atoms with Gasteiger partial charge in [0.05, 0.1) is 20.2 Å². The molecule has 2 aliphatic heterocycles. The van der Waals surface area contributed by atoms with Gasteiger partial charge in [-0.25, -0.2) is 19.6 Å². The van der Waals surface area contributed by atoms with E-state index in [2.05, 4.69) is 17.2 Å². The lowest BCUT2D eigenvalue weighted by Crippen LogP contribution is -2.75. The fourth-order valence-electron chi connectivity index (χ4n) is 5.23. The van der Waals surface area contributed by atoms with Crippen molar-refractivity contribution in [1.82, 2.24) is 30.5 Å². The predicted molar refractivity (Wildman–Crippen MR) is 160 cm³/mol. The Morgan fingerprint density at radius 2 is 1.86 bits per heavy atom. The van der Waals surface area contributed by atoms with E-state index in [9.17, 15) is 19.2 Å². The van der Waals surface area contributed by atoms with Gasteiger partial charge in [0.1, 0.15) is 24.6 Å². The van der Waals surface area contributed by atoms with E-state index in [4.69, 9.17) is 21.1 Å². The number of piperazine rings is 1. The van der Waals surface area contributed by atoms with Crippen molar-refractivity contribution in [3.8, 4) is 5.75 Å². The van der Waals surface area contributed by atoms with E-state index in [1.807, 2.05) is 42.5 Å². The Morgan fingerprint density at radius 1 is 1.12 bits per heavy atom. The molecule has 0 spiro atoms. The second kappa shape index (κ2) is 14.7. The first kappa shape index (κ1) is 31.6. The van der Waals surface area contributed by atoms with Crippen molar-refractivity contribution in [3.05, 3.63) is 77.3 Å². The molecule has 2 aromatic rings. The summed E-state index contributed by atoms with van der Waals surface area (Å²) in [5, 5.41) is 9.17. The Balaban J connectivity index is 1.54. The number of benzene rings is 2. The van der Waals surface area contributed by atoms with Crippen LogP contribution in [0.1, 0.15) is 24.0 Å².